The zero-order valence-corrected chi connectivity index (χ0v) is 15.5. The predicted molar refractivity (Wildman–Crippen MR) is 97.6 cm³/mol. The average molecular weight is 392 g/mol. The Labute approximate surface area is 159 Å². The Morgan fingerprint density at radius 1 is 1.32 bits per heavy atom. The second kappa shape index (κ2) is 7.23. The molecule has 0 aliphatic rings. The van der Waals surface area contributed by atoms with Crippen molar-refractivity contribution in [3.63, 3.8) is 0 Å². The average Bonchev–Trinajstić information content (AvgIpc) is 3.06. The number of alkyl halides is 3. The van der Waals surface area contributed by atoms with Gasteiger partial charge in [0.2, 0.25) is 0 Å². The number of aromatic nitrogens is 2. The van der Waals surface area contributed by atoms with Gasteiger partial charge in [0.1, 0.15) is 0 Å². The molecule has 3 rings (SSSR count). The van der Waals surface area contributed by atoms with Gasteiger partial charge in [0, 0.05) is 25.2 Å². The molecule has 9 heteroatoms. The van der Waals surface area contributed by atoms with Crippen LogP contribution < -0.4 is 5.73 Å². The monoisotopic (exact) mass is 392 g/mol. The Morgan fingerprint density at radius 3 is 2.68 bits per heavy atom. The number of hydrogen-bond acceptors (Lipinski definition) is 5. The van der Waals surface area contributed by atoms with Crippen molar-refractivity contribution in [1.29, 1.82) is 0 Å². The molecule has 0 radical (unpaired) electrons. The molecule has 0 saturated carbocycles. The molecule has 0 spiro atoms. The number of likely N-dealkylation sites (N-methyl/N-ethyl adjacent to an activating group) is 1. The highest BCUT2D eigenvalue weighted by Crippen LogP contribution is 2.33. The van der Waals surface area contributed by atoms with E-state index in [1.54, 1.807) is 20.9 Å². The van der Waals surface area contributed by atoms with Crippen LogP contribution in [0.4, 0.5) is 13.2 Å². The lowest BCUT2D eigenvalue weighted by Crippen LogP contribution is -2.39. The molecule has 0 saturated heterocycles. The second-order valence-electron chi connectivity index (χ2n) is 6.58. The smallest absolute Gasteiger partial charge is 0.338 e. The number of fused-ring (bicyclic) bond motifs is 1. The highest BCUT2D eigenvalue weighted by molar-refractivity contribution is 6.07. The van der Waals surface area contributed by atoms with E-state index in [1.807, 2.05) is 0 Å². The molecule has 6 nitrogen and oxygen atoms in total. The number of amides is 1. The zero-order chi connectivity index (χ0) is 20.6. The van der Waals surface area contributed by atoms with Gasteiger partial charge in [-0.25, -0.2) is 4.98 Å². The van der Waals surface area contributed by atoms with E-state index in [2.05, 4.69) is 10.1 Å². The minimum atomic E-state index is -4.49. The fourth-order valence-electron chi connectivity index (χ4n) is 2.81. The number of carbonyl (C=O) groups excluding carboxylic acids is 1. The molecule has 148 valence electrons. The fourth-order valence-corrected chi connectivity index (χ4v) is 2.81. The van der Waals surface area contributed by atoms with E-state index in [4.69, 9.17) is 10.3 Å². The molecule has 3 aromatic rings. The summed E-state index contributed by atoms with van der Waals surface area (Å²) < 4.78 is 44.4. The largest absolute Gasteiger partial charge is 0.416 e. The minimum Gasteiger partial charge on any atom is -0.338 e. The molecule has 0 aliphatic heterocycles. The van der Waals surface area contributed by atoms with Crippen molar-refractivity contribution in [2.75, 3.05) is 13.6 Å². The summed E-state index contributed by atoms with van der Waals surface area (Å²) in [7, 11) is 1.61. The number of hydrogen-bond donors (Lipinski definition) is 1. The summed E-state index contributed by atoms with van der Waals surface area (Å²) >= 11 is 0. The molecular weight excluding hydrogens is 373 g/mol. The van der Waals surface area contributed by atoms with Crippen LogP contribution in [0.25, 0.3) is 22.4 Å². The van der Waals surface area contributed by atoms with Crippen molar-refractivity contribution in [2.24, 2.45) is 5.73 Å². The number of halogens is 3. The van der Waals surface area contributed by atoms with Gasteiger partial charge in [-0.3, -0.25) is 4.79 Å². The summed E-state index contributed by atoms with van der Waals surface area (Å²) in [6, 6.07) is 5.98. The first-order valence-electron chi connectivity index (χ1n) is 8.55. The molecule has 1 aromatic carbocycles. The lowest BCUT2D eigenvalue weighted by molar-refractivity contribution is -0.137. The first kappa shape index (κ1) is 19.8. The third-order valence-electron chi connectivity index (χ3n) is 4.66. The number of aryl methyl sites for hydroxylation is 1. The van der Waals surface area contributed by atoms with Gasteiger partial charge in [0.25, 0.3) is 11.6 Å². The van der Waals surface area contributed by atoms with Crippen molar-refractivity contribution >= 4 is 17.0 Å². The highest BCUT2D eigenvalue weighted by atomic mass is 19.4. The Bertz CT molecular complexity index is 1030. The standard InChI is InChI=1S/C19H19F3N4O2/c1-10(9-23)26(3)18(27)14-8-15(24-17-16(14)11(2)25-28-17)12-5-4-6-13(7-12)19(20,21)22/h4-8,10H,9,23H2,1-3H3. The van der Waals surface area contributed by atoms with Crippen LogP contribution in [0.5, 0.6) is 0 Å². The summed E-state index contributed by atoms with van der Waals surface area (Å²) in [6.07, 6.45) is -4.49. The van der Waals surface area contributed by atoms with Crippen molar-refractivity contribution in [1.82, 2.24) is 15.0 Å². The van der Waals surface area contributed by atoms with E-state index < -0.39 is 11.7 Å². The molecule has 1 atom stereocenters. The van der Waals surface area contributed by atoms with Crippen molar-refractivity contribution in [3.05, 3.63) is 47.2 Å². The van der Waals surface area contributed by atoms with E-state index in [0.717, 1.165) is 12.1 Å². The summed E-state index contributed by atoms with van der Waals surface area (Å²) in [6.45, 7) is 3.73. The summed E-state index contributed by atoms with van der Waals surface area (Å²) in [5.41, 5.74) is 6.05. The van der Waals surface area contributed by atoms with Gasteiger partial charge in [0.15, 0.2) is 0 Å². The maximum Gasteiger partial charge on any atom is 0.416 e. The van der Waals surface area contributed by atoms with Crippen LogP contribution in [0, 0.1) is 6.92 Å². The summed E-state index contributed by atoms with van der Waals surface area (Å²) in [4.78, 5) is 18.7. The maximum absolute atomic E-state index is 13.1. The van der Waals surface area contributed by atoms with Gasteiger partial charge in [0.05, 0.1) is 27.9 Å². The Kier molecular flexibility index (Phi) is 5.12. The van der Waals surface area contributed by atoms with Crippen LogP contribution in [0.2, 0.25) is 0 Å². The van der Waals surface area contributed by atoms with Gasteiger partial charge in [-0.15, -0.1) is 0 Å². The summed E-state index contributed by atoms with van der Waals surface area (Å²) in [5, 5.41) is 4.27. The molecule has 2 N–H and O–H groups in total. The highest BCUT2D eigenvalue weighted by Gasteiger charge is 2.31. The molecule has 2 heterocycles. The topological polar surface area (TPSA) is 85.2 Å². The number of rotatable bonds is 4. The van der Waals surface area contributed by atoms with Crippen LogP contribution in [0.1, 0.15) is 28.5 Å². The van der Waals surface area contributed by atoms with E-state index in [9.17, 15) is 18.0 Å². The molecule has 0 bridgehead atoms. The molecule has 0 aliphatic carbocycles. The first-order valence-corrected chi connectivity index (χ1v) is 8.55. The lowest BCUT2D eigenvalue weighted by Gasteiger charge is -2.24. The fraction of sp³-hybridized carbons (Fsp3) is 0.316. The van der Waals surface area contributed by atoms with E-state index >= 15 is 0 Å². The third-order valence-corrected chi connectivity index (χ3v) is 4.66. The van der Waals surface area contributed by atoms with E-state index in [0.29, 0.717) is 11.1 Å². The van der Waals surface area contributed by atoms with Crippen LogP contribution in [0.15, 0.2) is 34.9 Å². The molecule has 1 amide bonds. The van der Waals surface area contributed by atoms with Crippen LogP contribution >= 0.6 is 0 Å². The first-order chi connectivity index (χ1) is 13.1. The Balaban J connectivity index is 2.18. The van der Waals surface area contributed by atoms with Gasteiger partial charge >= 0.3 is 6.18 Å². The normalized spacial score (nSPS) is 13.0. The maximum atomic E-state index is 13.1. The third kappa shape index (κ3) is 3.57. The second-order valence-corrected chi connectivity index (χ2v) is 6.58. The number of nitrogens with zero attached hydrogens (tertiary/aromatic N) is 3. The molecule has 0 fully saturated rings. The number of benzene rings is 1. The summed E-state index contributed by atoms with van der Waals surface area (Å²) in [5.74, 6) is -0.343. The lowest BCUT2D eigenvalue weighted by atomic mass is 10.0. The van der Waals surface area contributed by atoms with Crippen LogP contribution in [-0.4, -0.2) is 40.6 Å². The number of carbonyl (C=O) groups is 1. The van der Waals surface area contributed by atoms with Crippen molar-refractivity contribution in [3.8, 4) is 11.3 Å². The van der Waals surface area contributed by atoms with Crippen molar-refractivity contribution < 1.29 is 22.5 Å². The van der Waals surface area contributed by atoms with Gasteiger partial charge in [-0.05, 0) is 32.0 Å². The van der Waals surface area contributed by atoms with Gasteiger partial charge in [-0.2, -0.15) is 13.2 Å². The van der Waals surface area contributed by atoms with E-state index in [-0.39, 0.29) is 41.0 Å². The number of pyridine rings is 1. The Morgan fingerprint density at radius 2 is 2.04 bits per heavy atom. The Hall–Kier alpha value is -2.94. The molecule has 1 unspecified atom stereocenters. The number of nitrogens with two attached hydrogens (primary N) is 1. The van der Waals surface area contributed by atoms with Crippen LogP contribution in [-0.2, 0) is 6.18 Å². The minimum absolute atomic E-state index is 0.0876. The van der Waals surface area contributed by atoms with Crippen molar-refractivity contribution in [2.45, 2.75) is 26.1 Å². The predicted octanol–water partition coefficient (Wildman–Crippen LogP) is 3.64. The van der Waals surface area contributed by atoms with Gasteiger partial charge in [-0.1, -0.05) is 17.3 Å². The quantitative estimate of drug-likeness (QED) is 0.733. The zero-order valence-electron chi connectivity index (χ0n) is 15.5. The molecule has 2 aromatic heterocycles. The van der Waals surface area contributed by atoms with Gasteiger partial charge < -0.3 is 15.2 Å². The molecular formula is C19H19F3N4O2. The van der Waals surface area contributed by atoms with E-state index in [1.165, 1.54) is 23.1 Å². The molecule has 28 heavy (non-hydrogen) atoms. The SMILES string of the molecule is Cc1noc2nc(-c3cccc(C(F)(F)F)c3)cc(C(=O)N(C)C(C)CN)c12. The van der Waals surface area contributed by atoms with Crippen LogP contribution in [0.3, 0.4) is 0 Å².